The van der Waals surface area contributed by atoms with Crippen molar-refractivity contribution in [3.8, 4) is 0 Å². The van der Waals surface area contributed by atoms with Gasteiger partial charge in [-0.2, -0.15) is 0 Å². The fraction of sp³-hybridized carbons (Fsp3) is 0.795. The molecule has 2 nitrogen and oxygen atoms in total. The summed E-state index contributed by atoms with van der Waals surface area (Å²) in [6.45, 7) is 6.88. The first-order chi connectivity index (χ1) is 20.3. The van der Waals surface area contributed by atoms with E-state index in [-0.39, 0.29) is 0 Å². The summed E-state index contributed by atoms with van der Waals surface area (Å²) in [5.41, 5.74) is 1.43. The summed E-state index contributed by atoms with van der Waals surface area (Å²) in [6, 6.07) is 11.1. The molecule has 1 unspecified atom stereocenters. The molecule has 2 heteroatoms. The van der Waals surface area contributed by atoms with Crippen LogP contribution in [0.25, 0.3) is 0 Å². The summed E-state index contributed by atoms with van der Waals surface area (Å²) in [6.07, 6.45) is 42.4. The van der Waals surface area contributed by atoms with Crippen LogP contribution in [-0.2, 0) is 6.54 Å². The number of hydrogen-bond acceptors (Lipinski definition) is 2. The second-order valence-electron chi connectivity index (χ2n) is 13.1. The van der Waals surface area contributed by atoms with E-state index in [1.54, 1.807) is 0 Å². The molecule has 236 valence electrons. The van der Waals surface area contributed by atoms with Crippen molar-refractivity contribution in [2.45, 2.75) is 193 Å². The molecule has 41 heavy (non-hydrogen) atoms. The summed E-state index contributed by atoms with van der Waals surface area (Å²) < 4.78 is 0. The Balaban J connectivity index is 1.57. The molecule has 0 saturated heterocycles. The van der Waals surface area contributed by atoms with Crippen molar-refractivity contribution >= 4 is 0 Å². The van der Waals surface area contributed by atoms with Gasteiger partial charge in [-0.05, 0) is 24.8 Å². The predicted octanol–water partition coefficient (Wildman–Crippen LogP) is 12.8. The maximum Gasteiger partial charge on any atom is 0.101 e. The van der Waals surface area contributed by atoms with E-state index in [2.05, 4.69) is 66.4 Å². The molecule has 0 amide bonds. The Kier molecular flexibility index (Phi) is 22.9. The monoisotopic (exact) mass is 567 g/mol. The normalized spacial score (nSPS) is 14.9. The molecule has 1 aromatic rings. The minimum atomic E-state index is 0.552. The molecule has 0 N–H and O–H groups in total. The number of benzene rings is 1. The summed E-state index contributed by atoms with van der Waals surface area (Å²) in [7, 11) is 0. The molecule has 0 radical (unpaired) electrons. The fourth-order valence-electron chi connectivity index (χ4n) is 6.55. The third-order valence-electron chi connectivity index (χ3n) is 9.26. The highest BCUT2D eigenvalue weighted by Gasteiger charge is 2.25. The first-order valence-electron chi connectivity index (χ1n) is 18.6. The van der Waals surface area contributed by atoms with Crippen LogP contribution in [0.2, 0.25) is 0 Å². The molecule has 2 rings (SSSR count). The van der Waals surface area contributed by atoms with E-state index in [1.807, 2.05) is 0 Å². The zero-order chi connectivity index (χ0) is 29.1. The van der Waals surface area contributed by atoms with Gasteiger partial charge in [0.1, 0.15) is 6.17 Å². The van der Waals surface area contributed by atoms with E-state index < -0.39 is 0 Å². The largest absolute Gasteiger partial charge is 0.356 e. The average Bonchev–Trinajstić information content (AvgIpc) is 3.37. The van der Waals surface area contributed by atoms with Gasteiger partial charge in [-0.1, -0.05) is 192 Å². The average molecular weight is 567 g/mol. The van der Waals surface area contributed by atoms with Crippen molar-refractivity contribution in [1.82, 2.24) is 9.80 Å². The molecule has 1 aliphatic heterocycles. The molecule has 1 aromatic carbocycles. The third kappa shape index (κ3) is 18.7. The van der Waals surface area contributed by atoms with Gasteiger partial charge in [-0.15, -0.1) is 0 Å². The van der Waals surface area contributed by atoms with Crippen LogP contribution < -0.4 is 0 Å². The smallest absolute Gasteiger partial charge is 0.101 e. The Hall–Kier alpha value is -1.44. The van der Waals surface area contributed by atoms with Gasteiger partial charge in [-0.25, -0.2) is 0 Å². The van der Waals surface area contributed by atoms with Crippen LogP contribution in [0.1, 0.15) is 186 Å². The van der Waals surface area contributed by atoms with E-state index in [4.69, 9.17) is 0 Å². The zero-order valence-corrected chi connectivity index (χ0v) is 27.8. The van der Waals surface area contributed by atoms with Crippen LogP contribution in [0.3, 0.4) is 0 Å². The van der Waals surface area contributed by atoms with Crippen LogP contribution in [-0.4, -0.2) is 22.5 Å². The van der Waals surface area contributed by atoms with Crippen molar-refractivity contribution < 1.29 is 0 Å². The summed E-state index contributed by atoms with van der Waals surface area (Å²) in [4.78, 5) is 5.27. The van der Waals surface area contributed by atoms with Crippen molar-refractivity contribution in [2.75, 3.05) is 6.54 Å². The lowest BCUT2D eigenvalue weighted by Gasteiger charge is -2.33. The maximum absolute atomic E-state index is 2.67. The molecular formula is C39H70N2. The Morgan fingerprint density at radius 2 is 0.829 bits per heavy atom. The quantitative estimate of drug-likeness (QED) is 0.0890. The van der Waals surface area contributed by atoms with Gasteiger partial charge >= 0.3 is 0 Å². The molecule has 0 spiro atoms. The second-order valence-corrected chi connectivity index (χ2v) is 13.1. The van der Waals surface area contributed by atoms with Crippen molar-refractivity contribution in [3.63, 3.8) is 0 Å². The van der Waals surface area contributed by atoms with Crippen molar-refractivity contribution in [1.29, 1.82) is 0 Å². The summed E-state index contributed by atoms with van der Waals surface area (Å²) >= 11 is 0. The van der Waals surface area contributed by atoms with Gasteiger partial charge in [0.15, 0.2) is 0 Å². The SMILES string of the molecule is CCCCCCCCCCCCCCCC1N(CCCCCCCCCCCCCC)C=CN1Cc1ccccc1. The topological polar surface area (TPSA) is 6.48 Å². The first kappa shape index (κ1) is 35.8. The predicted molar refractivity (Wildman–Crippen MR) is 183 cm³/mol. The van der Waals surface area contributed by atoms with Crippen LogP contribution >= 0.6 is 0 Å². The Bertz CT molecular complexity index is 699. The van der Waals surface area contributed by atoms with E-state index in [0.717, 1.165) is 6.54 Å². The van der Waals surface area contributed by atoms with E-state index >= 15 is 0 Å². The molecule has 1 heterocycles. The molecule has 0 bridgehead atoms. The maximum atomic E-state index is 2.67. The highest BCUT2D eigenvalue weighted by atomic mass is 15.4. The van der Waals surface area contributed by atoms with E-state index in [0.29, 0.717) is 6.17 Å². The summed E-state index contributed by atoms with van der Waals surface area (Å²) in [5, 5.41) is 0. The van der Waals surface area contributed by atoms with Gasteiger partial charge in [-0.3, -0.25) is 0 Å². The number of hydrogen-bond donors (Lipinski definition) is 0. The lowest BCUT2D eigenvalue weighted by molar-refractivity contribution is 0.132. The molecule has 0 saturated carbocycles. The van der Waals surface area contributed by atoms with Gasteiger partial charge < -0.3 is 9.80 Å². The van der Waals surface area contributed by atoms with Crippen LogP contribution in [0, 0.1) is 0 Å². The van der Waals surface area contributed by atoms with Crippen molar-refractivity contribution in [2.24, 2.45) is 0 Å². The minimum Gasteiger partial charge on any atom is -0.356 e. The highest BCUT2D eigenvalue weighted by Crippen LogP contribution is 2.25. The first-order valence-corrected chi connectivity index (χ1v) is 18.6. The summed E-state index contributed by atoms with van der Waals surface area (Å²) in [5.74, 6) is 0. The molecule has 1 aliphatic rings. The van der Waals surface area contributed by atoms with Gasteiger partial charge in [0, 0.05) is 25.5 Å². The molecule has 0 fully saturated rings. The molecular weight excluding hydrogens is 496 g/mol. The lowest BCUT2D eigenvalue weighted by atomic mass is 10.0. The van der Waals surface area contributed by atoms with Crippen molar-refractivity contribution in [3.05, 3.63) is 48.3 Å². The highest BCUT2D eigenvalue weighted by molar-refractivity contribution is 5.16. The van der Waals surface area contributed by atoms with Gasteiger partial charge in [0.25, 0.3) is 0 Å². The van der Waals surface area contributed by atoms with Crippen LogP contribution in [0.5, 0.6) is 0 Å². The molecule has 1 atom stereocenters. The minimum absolute atomic E-state index is 0.552. The fourth-order valence-corrected chi connectivity index (χ4v) is 6.55. The third-order valence-corrected chi connectivity index (χ3v) is 9.26. The second kappa shape index (κ2) is 26.2. The molecule has 0 aromatic heterocycles. The number of unbranched alkanes of at least 4 members (excludes halogenated alkanes) is 23. The van der Waals surface area contributed by atoms with Crippen LogP contribution in [0.15, 0.2) is 42.7 Å². The Labute approximate surface area is 257 Å². The Morgan fingerprint density at radius 3 is 1.29 bits per heavy atom. The number of rotatable bonds is 29. The zero-order valence-electron chi connectivity index (χ0n) is 27.8. The molecule has 0 aliphatic carbocycles. The van der Waals surface area contributed by atoms with Gasteiger partial charge in [0.2, 0.25) is 0 Å². The Morgan fingerprint density at radius 1 is 0.439 bits per heavy atom. The standard InChI is InChI=1S/C39H70N2/c1-3-5-7-9-11-13-15-17-18-20-22-24-29-33-39-40(35-36-41(39)37-38-31-27-26-28-32-38)34-30-25-23-21-19-16-14-12-10-8-6-4-2/h26-28,31-32,35-36,39H,3-25,29-30,33-34,37H2,1-2H3. The van der Waals surface area contributed by atoms with Crippen LogP contribution in [0.4, 0.5) is 0 Å². The van der Waals surface area contributed by atoms with Gasteiger partial charge in [0.05, 0.1) is 0 Å². The lowest BCUT2D eigenvalue weighted by Crippen LogP contribution is -2.38. The number of nitrogens with zero attached hydrogens (tertiary/aromatic N) is 2. The van der Waals surface area contributed by atoms with E-state index in [9.17, 15) is 0 Å². The van der Waals surface area contributed by atoms with E-state index in [1.165, 1.54) is 179 Å².